The third kappa shape index (κ3) is 4.60. The lowest BCUT2D eigenvalue weighted by atomic mass is 10.1. The van der Waals surface area contributed by atoms with Gasteiger partial charge in [0.15, 0.2) is 0 Å². The van der Waals surface area contributed by atoms with E-state index in [4.69, 9.17) is 4.74 Å². The van der Waals surface area contributed by atoms with Crippen LogP contribution in [-0.4, -0.2) is 46.0 Å². The zero-order chi connectivity index (χ0) is 17.8. The first-order valence-corrected chi connectivity index (χ1v) is 8.77. The zero-order valence-electron chi connectivity index (χ0n) is 15.1. The van der Waals surface area contributed by atoms with Gasteiger partial charge in [-0.25, -0.2) is 4.79 Å². The van der Waals surface area contributed by atoms with Crippen LogP contribution in [0.5, 0.6) is 0 Å². The van der Waals surface area contributed by atoms with Gasteiger partial charge in [0.05, 0.1) is 18.4 Å². The summed E-state index contributed by atoms with van der Waals surface area (Å²) in [6.45, 7) is 5.98. The van der Waals surface area contributed by atoms with Crippen LogP contribution in [-0.2, 0) is 18.3 Å². The van der Waals surface area contributed by atoms with Crippen LogP contribution in [0.2, 0.25) is 0 Å². The highest BCUT2D eigenvalue weighted by Gasteiger charge is 2.27. The predicted octanol–water partition coefficient (Wildman–Crippen LogP) is 2.80. The van der Waals surface area contributed by atoms with Gasteiger partial charge in [-0.1, -0.05) is 18.2 Å². The Kier molecular flexibility index (Phi) is 5.38. The van der Waals surface area contributed by atoms with E-state index in [2.05, 4.69) is 22.5 Å². The normalized spacial score (nSPS) is 17.3. The summed E-state index contributed by atoms with van der Waals surface area (Å²) in [4.78, 5) is 14.2. The molecule has 1 saturated heterocycles. The van der Waals surface area contributed by atoms with Crippen molar-refractivity contribution in [3.05, 3.63) is 42.2 Å². The van der Waals surface area contributed by atoms with Crippen molar-refractivity contribution in [2.75, 3.05) is 13.1 Å². The average molecular weight is 342 g/mol. The molecular weight excluding hydrogens is 316 g/mol. The quantitative estimate of drug-likeness (QED) is 0.909. The van der Waals surface area contributed by atoms with Gasteiger partial charge >= 0.3 is 6.03 Å². The number of rotatable bonds is 5. The highest BCUT2D eigenvalue weighted by Crippen LogP contribution is 2.20. The SMILES string of the molecule is CC(C)O[C@@H]1CCN(C(=O)NCc2cccc(-c3cnn(C)c3)c2)C1. The van der Waals surface area contributed by atoms with Gasteiger partial charge < -0.3 is 15.0 Å². The number of aromatic nitrogens is 2. The molecule has 1 atom stereocenters. The first kappa shape index (κ1) is 17.5. The van der Waals surface area contributed by atoms with Crippen LogP contribution in [0.3, 0.4) is 0 Å². The van der Waals surface area contributed by atoms with Crippen molar-refractivity contribution >= 4 is 6.03 Å². The molecule has 1 aromatic carbocycles. The van der Waals surface area contributed by atoms with Gasteiger partial charge in [-0.3, -0.25) is 4.68 Å². The van der Waals surface area contributed by atoms with Gasteiger partial charge in [-0.05, 0) is 37.5 Å². The first-order chi connectivity index (χ1) is 12.0. The molecule has 1 fully saturated rings. The van der Waals surface area contributed by atoms with E-state index in [-0.39, 0.29) is 18.2 Å². The third-order valence-electron chi connectivity index (χ3n) is 4.31. The molecule has 1 N–H and O–H groups in total. The Morgan fingerprint density at radius 2 is 2.24 bits per heavy atom. The van der Waals surface area contributed by atoms with E-state index in [9.17, 15) is 4.79 Å². The summed E-state index contributed by atoms with van der Waals surface area (Å²) in [6.07, 6.45) is 5.08. The minimum absolute atomic E-state index is 0.0263. The van der Waals surface area contributed by atoms with Crippen molar-refractivity contribution in [1.82, 2.24) is 20.0 Å². The van der Waals surface area contributed by atoms with Crippen LogP contribution in [0.15, 0.2) is 36.7 Å². The minimum Gasteiger partial charge on any atom is -0.374 e. The van der Waals surface area contributed by atoms with Crippen LogP contribution in [0.1, 0.15) is 25.8 Å². The van der Waals surface area contributed by atoms with Crippen molar-refractivity contribution in [2.24, 2.45) is 7.05 Å². The molecule has 2 heterocycles. The number of carbonyl (C=O) groups is 1. The number of amides is 2. The molecule has 25 heavy (non-hydrogen) atoms. The molecule has 6 nitrogen and oxygen atoms in total. The molecule has 2 aromatic rings. The molecule has 3 rings (SSSR count). The second-order valence-electron chi connectivity index (χ2n) is 6.80. The molecule has 1 aliphatic heterocycles. The Hall–Kier alpha value is -2.34. The number of nitrogens with zero attached hydrogens (tertiary/aromatic N) is 3. The summed E-state index contributed by atoms with van der Waals surface area (Å²) in [5.74, 6) is 0. The average Bonchev–Trinajstić information content (AvgIpc) is 3.21. The van der Waals surface area contributed by atoms with E-state index in [1.165, 1.54) is 0 Å². The van der Waals surface area contributed by atoms with Gasteiger partial charge in [-0.2, -0.15) is 5.10 Å². The number of likely N-dealkylation sites (tertiary alicyclic amines) is 1. The lowest BCUT2D eigenvalue weighted by Crippen LogP contribution is -2.38. The van der Waals surface area contributed by atoms with Gasteiger partial charge in [-0.15, -0.1) is 0 Å². The van der Waals surface area contributed by atoms with E-state index < -0.39 is 0 Å². The van der Waals surface area contributed by atoms with E-state index >= 15 is 0 Å². The number of hydrogen-bond donors (Lipinski definition) is 1. The van der Waals surface area contributed by atoms with Gasteiger partial charge in [0.2, 0.25) is 0 Å². The molecule has 2 amide bonds. The highest BCUT2D eigenvalue weighted by molar-refractivity contribution is 5.74. The van der Waals surface area contributed by atoms with Crippen LogP contribution in [0.25, 0.3) is 11.1 Å². The summed E-state index contributed by atoms with van der Waals surface area (Å²) in [7, 11) is 1.90. The standard InChI is InChI=1S/C19H26N4O2/c1-14(2)25-18-7-8-23(13-18)19(24)20-10-15-5-4-6-16(9-15)17-11-21-22(3)12-17/h4-6,9,11-12,14,18H,7-8,10,13H2,1-3H3,(H,20,24)/t18-/m1/s1. The van der Waals surface area contributed by atoms with Crippen LogP contribution in [0, 0.1) is 0 Å². The lowest BCUT2D eigenvalue weighted by Gasteiger charge is -2.18. The number of urea groups is 1. The molecule has 0 bridgehead atoms. The fourth-order valence-corrected chi connectivity index (χ4v) is 3.13. The van der Waals surface area contributed by atoms with Crippen molar-refractivity contribution in [1.29, 1.82) is 0 Å². The van der Waals surface area contributed by atoms with Crippen LogP contribution in [0.4, 0.5) is 4.79 Å². The number of carbonyl (C=O) groups excluding carboxylic acids is 1. The largest absolute Gasteiger partial charge is 0.374 e. The molecule has 0 saturated carbocycles. The Morgan fingerprint density at radius 3 is 2.96 bits per heavy atom. The molecule has 0 unspecified atom stereocenters. The molecular formula is C19H26N4O2. The zero-order valence-corrected chi connectivity index (χ0v) is 15.1. The van der Waals surface area contributed by atoms with E-state index in [0.717, 1.165) is 29.7 Å². The predicted molar refractivity (Wildman–Crippen MR) is 97.1 cm³/mol. The van der Waals surface area contributed by atoms with Crippen molar-refractivity contribution in [3.8, 4) is 11.1 Å². The number of nitrogens with one attached hydrogen (secondary N) is 1. The number of benzene rings is 1. The fourth-order valence-electron chi connectivity index (χ4n) is 3.13. The maximum atomic E-state index is 12.4. The highest BCUT2D eigenvalue weighted by atomic mass is 16.5. The van der Waals surface area contributed by atoms with Crippen molar-refractivity contribution in [3.63, 3.8) is 0 Å². The topological polar surface area (TPSA) is 59.4 Å². The number of ether oxygens (including phenoxy) is 1. The Bertz CT molecular complexity index is 726. The smallest absolute Gasteiger partial charge is 0.317 e. The second kappa shape index (κ2) is 7.70. The summed E-state index contributed by atoms with van der Waals surface area (Å²) < 4.78 is 7.58. The van der Waals surface area contributed by atoms with Gasteiger partial charge in [0, 0.05) is 38.4 Å². The summed E-state index contributed by atoms with van der Waals surface area (Å²) in [6, 6.07) is 8.14. The minimum atomic E-state index is -0.0263. The maximum absolute atomic E-state index is 12.4. The third-order valence-corrected chi connectivity index (χ3v) is 4.31. The van der Waals surface area contributed by atoms with Gasteiger partial charge in [0.25, 0.3) is 0 Å². The van der Waals surface area contributed by atoms with Crippen LogP contribution >= 0.6 is 0 Å². The maximum Gasteiger partial charge on any atom is 0.317 e. The summed E-state index contributed by atoms with van der Waals surface area (Å²) in [5.41, 5.74) is 3.25. The molecule has 0 aliphatic carbocycles. The van der Waals surface area contributed by atoms with Crippen LogP contribution < -0.4 is 5.32 Å². The van der Waals surface area contributed by atoms with E-state index in [0.29, 0.717) is 13.1 Å². The van der Waals surface area contributed by atoms with E-state index in [1.807, 2.05) is 50.3 Å². The molecule has 0 spiro atoms. The Morgan fingerprint density at radius 1 is 1.40 bits per heavy atom. The molecule has 1 aromatic heterocycles. The van der Waals surface area contributed by atoms with Crippen molar-refractivity contribution in [2.45, 2.75) is 39.0 Å². The first-order valence-electron chi connectivity index (χ1n) is 8.77. The molecule has 134 valence electrons. The number of aryl methyl sites for hydroxylation is 1. The monoisotopic (exact) mass is 342 g/mol. The summed E-state index contributed by atoms with van der Waals surface area (Å²) in [5, 5.41) is 7.21. The van der Waals surface area contributed by atoms with E-state index in [1.54, 1.807) is 4.68 Å². The molecule has 1 aliphatic rings. The molecule has 6 heteroatoms. The Labute approximate surface area is 148 Å². The Balaban J connectivity index is 1.54. The summed E-state index contributed by atoms with van der Waals surface area (Å²) >= 11 is 0. The molecule has 0 radical (unpaired) electrons. The second-order valence-corrected chi connectivity index (χ2v) is 6.80. The fraction of sp³-hybridized carbons (Fsp3) is 0.474. The lowest BCUT2D eigenvalue weighted by molar-refractivity contribution is 0.0157. The van der Waals surface area contributed by atoms with Crippen molar-refractivity contribution < 1.29 is 9.53 Å². The van der Waals surface area contributed by atoms with Gasteiger partial charge in [0.1, 0.15) is 0 Å². The number of hydrogen-bond acceptors (Lipinski definition) is 3.